The van der Waals surface area contributed by atoms with Crippen molar-refractivity contribution in [1.82, 2.24) is 0 Å². The molecule has 3 nitrogen and oxygen atoms in total. The molecule has 0 aromatic heterocycles. The number of hydrogen-bond acceptors (Lipinski definition) is 3. The molecule has 50 valence electrons. The summed E-state index contributed by atoms with van der Waals surface area (Å²) in [5, 5.41) is 25.5. The summed E-state index contributed by atoms with van der Waals surface area (Å²) in [5.74, 6) is 0. The zero-order chi connectivity index (χ0) is 6.57. The average Bonchev–Trinajstić information content (AvgIpc) is 1.67. The van der Waals surface area contributed by atoms with Gasteiger partial charge in [-0.25, -0.2) is 0 Å². The molecule has 0 spiro atoms. The van der Waals surface area contributed by atoms with Gasteiger partial charge in [0.2, 0.25) is 0 Å². The summed E-state index contributed by atoms with van der Waals surface area (Å²) < 4.78 is 0. The topological polar surface area (TPSA) is 60.7 Å². The van der Waals surface area contributed by atoms with E-state index < -0.39 is 12.2 Å². The highest BCUT2D eigenvalue weighted by molar-refractivity contribution is 4.59. The number of aliphatic hydroxyl groups is 3. The third-order valence-electron chi connectivity index (χ3n) is 0.982. The molecule has 3 N–H and O–H groups in total. The van der Waals surface area contributed by atoms with Crippen LogP contribution in [-0.4, -0.2) is 34.1 Å². The summed E-state index contributed by atoms with van der Waals surface area (Å²) in [6.07, 6.45) is -1.26. The van der Waals surface area contributed by atoms with Crippen molar-refractivity contribution in [2.24, 2.45) is 0 Å². The van der Waals surface area contributed by atoms with Crippen LogP contribution < -0.4 is 0 Å². The van der Waals surface area contributed by atoms with Gasteiger partial charge in [0.15, 0.2) is 0 Å². The maximum absolute atomic E-state index is 8.72. The molecule has 0 saturated carbocycles. The predicted molar refractivity (Wildman–Crippen MR) is 29.4 cm³/mol. The fourth-order valence-corrected chi connectivity index (χ4v) is 0.373. The molecule has 0 radical (unpaired) electrons. The third kappa shape index (κ3) is 2.96. The molecule has 0 aliphatic rings. The summed E-state index contributed by atoms with van der Waals surface area (Å²) in [6.45, 7) is 1.41. The summed E-state index contributed by atoms with van der Waals surface area (Å²) in [6, 6.07) is 0. The van der Waals surface area contributed by atoms with Crippen molar-refractivity contribution in [3.8, 4) is 0 Å². The number of rotatable bonds is 3. The van der Waals surface area contributed by atoms with Crippen LogP contribution >= 0.6 is 0 Å². The molecule has 0 fully saturated rings. The Kier molecular flexibility index (Phi) is 3.77. The van der Waals surface area contributed by atoms with E-state index in [0.717, 1.165) is 0 Å². The second-order valence-corrected chi connectivity index (χ2v) is 1.82. The van der Waals surface area contributed by atoms with Gasteiger partial charge in [-0.1, -0.05) is 0 Å². The highest BCUT2D eigenvalue weighted by atomic mass is 16.3. The Hall–Kier alpha value is -0.120. The summed E-state index contributed by atoms with van der Waals surface area (Å²) in [7, 11) is 0. The second kappa shape index (κ2) is 3.83. The first-order valence-corrected chi connectivity index (χ1v) is 2.65. The van der Waals surface area contributed by atoms with Gasteiger partial charge in [0.1, 0.15) is 0 Å². The Bertz CT molecular complexity index is 53.6. The molecule has 0 unspecified atom stereocenters. The van der Waals surface area contributed by atoms with Gasteiger partial charge in [0.05, 0.1) is 12.2 Å². The largest absolute Gasteiger partial charge is 0.396 e. The van der Waals surface area contributed by atoms with Gasteiger partial charge in [-0.15, -0.1) is 0 Å². The molecule has 0 saturated heterocycles. The average molecular weight is 120 g/mol. The molecule has 0 heterocycles. The lowest BCUT2D eigenvalue weighted by Gasteiger charge is -2.10. The first kappa shape index (κ1) is 7.88. The van der Waals surface area contributed by atoms with Gasteiger partial charge < -0.3 is 15.3 Å². The lowest BCUT2D eigenvalue weighted by Crippen LogP contribution is -2.23. The lowest BCUT2D eigenvalue weighted by atomic mass is 10.2. The van der Waals surface area contributed by atoms with Gasteiger partial charge in [-0.2, -0.15) is 0 Å². The Morgan fingerprint density at radius 1 is 1.38 bits per heavy atom. The number of aliphatic hydroxyl groups excluding tert-OH is 3. The maximum Gasteiger partial charge on any atom is 0.0818 e. The highest BCUT2D eigenvalue weighted by Crippen LogP contribution is 1.95. The second-order valence-electron chi connectivity index (χ2n) is 1.82. The molecule has 0 aliphatic heterocycles. The van der Waals surface area contributed by atoms with Crippen molar-refractivity contribution in [3.05, 3.63) is 0 Å². The van der Waals surface area contributed by atoms with Crippen LogP contribution in [0.1, 0.15) is 13.3 Å². The fraction of sp³-hybridized carbons (Fsp3) is 1.00. The number of hydrogen-bond donors (Lipinski definition) is 3. The Morgan fingerprint density at radius 3 is 2.00 bits per heavy atom. The van der Waals surface area contributed by atoms with E-state index in [2.05, 4.69) is 0 Å². The monoisotopic (exact) mass is 120 g/mol. The van der Waals surface area contributed by atoms with E-state index >= 15 is 0 Å². The van der Waals surface area contributed by atoms with Gasteiger partial charge in [0, 0.05) is 6.61 Å². The van der Waals surface area contributed by atoms with E-state index in [0.29, 0.717) is 0 Å². The van der Waals surface area contributed by atoms with Crippen molar-refractivity contribution in [2.75, 3.05) is 6.61 Å². The van der Waals surface area contributed by atoms with Crippen molar-refractivity contribution in [2.45, 2.75) is 25.6 Å². The zero-order valence-electron chi connectivity index (χ0n) is 4.91. The molecule has 0 rings (SSSR count). The van der Waals surface area contributed by atoms with Crippen molar-refractivity contribution in [1.29, 1.82) is 0 Å². The van der Waals surface area contributed by atoms with Crippen LogP contribution in [-0.2, 0) is 0 Å². The van der Waals surface area contributed by atoms with Gasteiger partial charge >= 0.3 is 0 Å². The summed E-state index contributed by atoms with van der Waals surface area (Å²) >= 11 is 0. The molecular formula is C5H12O3. The minimum Gasteiger partial charge on any atom is -0.396 e. The molecule has 0 aromatic carbocycles. The van der Waals surface area contributed by atoms with Crippen LogP contribution in [0, 0.1) is 0 Å². The van der Waals surface area contributed by atoms with Gasteiger partial charge in [-0.3, -0.25) is 0 Å². The fourth-order valence-electron chi connectivity index (χ4n) is 0.373. The first-order valence-electron chi connectivity index (χ1n) is 2.65. The van der Waals surface area contributed by atoms with E-state index in [1.54, 1.807) is 0 Å². The molecular weight excluding hydrogens is 108 g/mol. The predicted octanol–water partition coefficient (Wildman–Crippen LogP) is -0.890. The Morgan fingerprint density at radius 2 is 1.88 bits per heavy atom. The van der Waals surface area contributed by atoms with E-state index in [1.807, 2.05) is 0 Å². The smallest absolute Gasteiger partial charge is 0.0818 e. The molecule has 8 heavy (non-hydrogen) atoms. The van der Waals surface area contributed by atoms with Crippen LogP contribution in [0.4, 0.5) is 0 Å². The molecule has 0 amide bonds. The first-order chi connectivity index (χ1) is 3.68. The van der Waals surface area contributed by atoms with Gasteiger partial charge in [0.25, 0.3) is 0 Å². The van der Waals surface area contributed by atoms with Crippen molar-refractivity contribution in [3.63, 3.8) is 0 Å². The normalized spacial score (nSPS) is 18.0. The van der Waals surface area contributed by atoms with E-state index in [9.17, 15) is 0 Å². The zero-order valence-corrected chi connectivity index (χ0v) is 4.91. The Labute approximate surface area is 48.6 Å². The maximum atomic E-state index is 8.72. The summed E-state index contributed by atoms with van der Waals surface area (Å²) in [4.78, 5) is 0. The highest BCUT2D eigenvalue weighted by Gasteiger charge is 2.08. The van der Waals surface area contributed by atoms with Crippen LogP contribution in [0.25, 0.3) is 0 Å². The minimum absolute atomic E-state index is 0.0773. The Balaban J connectivity index is 3.17. The molecule has 0 aliphatic carbocycles. The van der Waals surface area contributed by atoms with E-state index in [-0.39, 0.29) is 13.0 Å². The van der Waals surface area contributed by atoms with E-state index in [4.69, 9.17) is 15.3 Å². The van der Waals surface area contributed by atoms with E-state index in [1.165, 1.54) is 6.92 Å². The SMILES string of the molecule is C[C@@H](O)[C@H](O)CCO. The summed E-state index contributed by atoms with van der Waals surface area (Å²) in [5.41, 5.74) is 0. The lowest BCUT2D eigenvalue weighted by molar-refractivity contribution is 0.0162. The van der Waals surface area contributed by atoms with Crippen LogP contribution in [0.2, 0.25) is 0 Å². The molecule has 0 aromatic rings. The quantitative estimate of drug-likeness (QED) is 0.453. The van der Waals surface area contributed by atoms with Crippen LogP contribution in [0.3, 0.4) is 0 Å². The minimum atomic E-state index is -0.778. The van der Waals surface area contributed by atoms with Crippen molar-refractivity contribution < 1.29 is 15.3 Å². The molecule has 2 atom stereocenters. The van der Waals surface area contributed by atoms with Gasteiger partial charge in [-0.05, 0) is 13.3 Å². The van der Waals surface area contributed by atoms with Crippen LogP contribution in [0.15, 0.2) is 0 Å². The molecule has 0 bridgehead atoms. The standard InChI is InChI=1S/C5H12O3/c1-4(7)5(8)2-3-6/h4-8H,2-3H2,1H3/t4-,5-/m1/s1. The third-order valence-corrected chi connectivity index (χ3v) is 0.982. The molecule has 3 heteroatoms. The van der Waals surface area contributed by atoms with Crippen molar-refractivity contribution >= 4 is 0 Å². The van der Waals surface area contributed by atoms with Crippen LogP contribution in [0.5, 0.6) is 0 Å².